The molecule has 0 aromatic heterocycles. The van der Waals surface area contributed by atoms with Gasteiger partial charge < -0.3 is 4.90 Å². The van der Waals surface area contributed by atoms with E-state index < -0.39 is 0 Å². The van der Waals surface area contributed by atoms with Gasteiger partial charge in [-0.05, 0) is 64.3 Å². The van der Waals surface area contributed by atoms with Crippen LogP contribution in [0.25, 0.3) is 0 Å². The summed E-state index contributed by atoms with van der Waals surface area (Å²) in [4.78, 5) is 2.73. The van der Waals surface area contributed by atoms with E-state index in [0.29, 0.717) is 11.5 Å². The van der Waals surface area contributed by atoms with Gasteiger partial charge in [0.25, 0.3) is 0 Å². The second kappa shape index (κ2) is 6.22. The molecule has 0 bridgehead atoms. The Morgan fingerprint density at radius 1 is 0.900 bits per heavy atom. The van der Waals surface area contributed by atoms with E-state index in [2.05, 4.69) is 46.4 Å². The van der Waals surface area contributed by atoms with Crippen molar-refractivity contribution in [1.82, 2.24) is 4.90 Å². The maximum absolute atomic E-state index is 2.73. The first-order valence-corrected chi connectivity index (χ1v) is 8.85. The van der Waals surface area contributed by atoms with Crippen LogP contribution >= 0.6 is 0 Å². The first kappa shape index (κ1) is 16.1. The first-order valence-electron chi connectivity index (χ1n) is 8.85. The summed E-state index contributed by atoms with van der Waals surface area (Å²) in [6.07, 6.45) is 7.02. The van der Waals surface area contributed by atoms with Crippen LogP contribution in [0.5, 0.6) is 0 Å². The maximum Gasteiger partial charge on any atom is 0.00783 e. The van der Waals surface area contributed by atoms with Crippen molar-refractivity contribution in [3.63, 3.8) is 0 Å². The van der Waals surface area contributed by atoms with Crippen LogP contribution in [-0.2, 0) is 0 Å². The number of hydrogen-bond donors (Lipinski definition) is 0. The van der Waals surface area contributed by atoms with Crippen LogP contribution in [0, 0.1) is 17.3 Å². The highest BCUT2D eigenvalue weighted by molar-refractivity contribution is 5.29. The lowest BCUT2D eigenvalue weighted by atomic mass is 9.61. The standard InChI is InChI=1S/C19H35N/c1-14(2)17-9-7-10-19(18(17)15(3)4)11-8-12-20(13-19)16(5)6/h14-16H,7-13H2,1-6H3. The fourth-order valence-electron chi connectivity index (χ4n) is 4.84. The van der Waals surface area contributed by atoms with E-state index in [0.717, 1.165) is 11.8 Å². The second-order valence-corrected chi connectivity index (χ2v) is 8.05. The molecular formula is C19H35N. The summed E-state index contributed by atoms with van der Waals surface area (Å²) in [6.45, 7) is 17.0. The molecule has 1 nitrogen and oxygen atoms in total. The van der Waals surface area contributed by atoms with Gasteiger partial charge in [-0.3, -0.25) is 0 Å². The van der Waals surface area contributed by atoms with Gasteiger partial charge in [0, 0.05) is 18.0 Å². The van der Waals surface area contributed by atoms with Crippen molar-refractivity contribution in [2.75, 3.05) is 13.1 Å². The first-order chi connectivity index (χ1) is 9.37. The van der Waals surface area contributed by atoms with Crippen LogP contribution < -0.4 is 0 Å². The molecule has 0 aromatic carbocycles. The number of nitrogens with zero attached hydrogens (tertiary/aromatic N) is 1. The zero-order chi connectivity index (χ0) is 14.9. The van der Waals surface area contributed by atoms with Crippen LogP contribution in [0.2, 0.25) is 0 Å². The number of piperidine rings is 1. The summed E-state index contributed by atoms with van der Waals surface area (Å²) in [5.74, 6) is 1.46. The van der Waals surface area contributed by atoms with Crippen molar-refractivity contribution < 1.29 is 0 Å². The molecule has 2 rings (SSSR count). The minimum Gasteiger partial charge on any atom is -0.300 e. The normalized spacial score (nSPS) is 29.2. The second-order valence-electron chi connectivity index (χ2n) is 8.05. The Labute approximate surface area is 126 Å². The minimum absolute atomic E-state index is 0.508. The van der Waals surface area contributed by atoms with Crippen molar-refractivity contribution in [2.45, 2.75) is 79.7 Å². The van der Waals surface area contributed by atoms with Crippen molar-refractivity contribution >= 4 is 0 Å². The number of allylic oxidation sites excluding steroid dienone is 1. The van der Waals surface area contributed by atoms with Crippen LogP contribution in [0.3, 0.4) is 0 Å². The lowest BCUT2D eigenvalue weighted by Gasteiger charge is -2.50. The maximum atomic E-state index is 2.73. The minimum atomic E-state index is 0.508. The van der Waals surface area contributed by atoms with Crippen LogP contribution in [0.1, 0.15) is 73.6 Å². The van der Waals surface area contributed by atoms with E-state index in [9.17, 15) is 0 Å². The fraction of sp³-hybridized carbons (Fsp3) is 0.895. The van der Waals surface area contributed by atoms with Gasteiger partial charge in [-0.25, -0.2) is 0 Å². The molecule has 1 spiro atoms. The fourth-order valence-corrected chi connectivity index (χ4v) is 4.84. The van der Waals surface area contributed by atoms with E-state index in [1.165, 1.54) is 45.2 Å². The smallest absolute Gasteiger partial charge is 0.00783 e. The molecular weight excluding hydrogens is 242 g/mol. The zero-order valence-electron chi connectivity index (χ0n) is 14.6. The van der Waals surface area contributed by atoms with E-state index >= 15 is 0 Å². The summed E-state index contributed by atoms with van der Waals surface area (Å²) < 4.78 is 0. The molecule has 0 N–H and O–H groups in total. The molecule has 1 fully saturated rings. The lowest BCUT2D eigenvalue weighted by Crippen LogP contribution is -2.49. The van der Waals surface area contributed by atoms with Crippen molar-refractivity contribution in [1.29, 1.82) is 0 Å². The predicted octanol–water partition coefficient (Wildman–Crippen LogP) is 5.27. The molecule has 1 atom stereocenters. The average Bonchev–Trinajstić information content (AvgIpc) is 2.37. The predicted molar refractivity (Wildman–Crippen MR) is 88.9 cm³/mol. The van der Waals surface area contributed by atoms with Gasteiger partial charge in [-0.1, -0.05) is 38.8 Å². The Bertz CT molecular complexity index is 364. The third-order valence-electron chi connectivity index (χ3n) is 5.63. The Morgan fingerprint density at radius 2 is 1.55 bits per heavy atom. The highest BCUT2D eigenvalue weighted by Crippen LogP contribution is 2.51. The van der Waals surface area contributed by atoms with Crippen molar-refractivity contribution in [3.8, 4) is 0 Å². The summed E-state index contributed by atoms with van der Waals surface area (Å²) >= 11 is 0. The molecule has 1 saturated heterocycles. The molecule has 1 heteroatoms. The molecule has 1 heterocycles. The van der Waals surface area contributed by atoms with Crippen LogP contribution in [-0.4, -0.2) is 24.0 Å². The quantitative estimate of drug-likeness (QED) is 0.635. The molecule has 0 radical (unpaired) electrons. The summed E-state index contributed by atoms with van der Waals surface area (Å²) in [5.41, 5.74) is 4.16. The van der Waals surface area contributed by atoms with Gasteiger partial charge in [0.1, 0.15) is 0 Å². The largest absolute Gasteiger partial charge is 0.300 e. The molecule has 0 aromatic rings. The molecule has 0 saturated carbocycles. The Morgan fingerprint density at radius 3 is 2.10 bits per heavy atom. The van der Waals surface area contributed by atoms with Crippen LogP contribution in [0.15, 0.2) is 11.1 Å². The highest BCUT2D eigenvalue weighted by Gasteiger charge is 2.43. The summed E-state index contributed by atoms with van der Waals surface area (Å²) in [5, 5.41) is 0. The highest BCUT2D eigenvalue weighted by atomic mass is 15.2. The third-order valence-corrected chi connectivity index (χ3v) is 5.63. The molecule has 1 aliphatic carbocycles. The van der Waals surface area contributed by atoms with Crippen molar-refractivity contribution in [3.05, 3.63) is 11.1 Å². The van der Waals surface area contributed by atoms with E-state index in [1.807, 2.05) is 5.57 Å². The van der Waals surface area contributed by atoms with Gasteiger partial charge in [-0.2, -0.15) is 0 Å². The molecule has 20 heavy (non-hydrogen) atoms. The zero-order valence-corrected chi connectivity index (χ0v) is 14.6. The summed E-state index contributed by atoms with van der Waals surface area (Å²) in [7, 11) is 0. The Hall–Kier alpha value is -0.300. The number of likely N-dealkylation sites (tertiary alicyclic amines) is 1. The Balaban J connectivity index is 2.39. The van der Waals surface area contributed by atoms with Crippen LogP contribution in [0.4, 0.5) is 0 Å². The lowest BCUT2D eigenvalue weighted by molar-refractivity contribution is 0.0702. The molecule has 0 amide bonds. The Kier molecular flexibility index (Phi) is 5.00. The molecule has 116 valence electrons. The molecule has 2 aliphatic rings. The van der Waals surface area contributed by atoms with E-state index in [4.69, 9.17) is 0 Å². The summed E-state index contributed by atoms with van der Waals surface area (Å²) in [6, 6.07) is 0.699. The van der Waals surface area contributed by atoms with Gasteiger partial charge in [0.05, 0.1) is 0 Å². The van der Waals surface area contributed by atoms with Crippen molar-refractivity contribution in [2.24, 2.45) is 17.3 Å². The molecule has 1 unspecified atom stereocenters. The number of rotatable bonds is 3. The van der Waals surface area contributed by atoms with E-state index in [-0.39, 0.29) is 0 Å². The van der Waals surface area contributed by atoms with Gasteiger partial charge in [0.15, 0.2) is 0 Å². The van der Waals surface area contributed by atoms with Gasteiger partial charge >= 0.3 is 0 Å². The topological polar surface area (TPSA) is 3.24 Å². The third kappa shape index (κ3) is 2.98. The monoisotopic (exact) mass is 277 g/mol. The van der Waals surface area contributed by atoms with Gasteiger partial charge in [0.2, 0.25) is 0 Å². The SMILES string of the molecule is CC(C)C1=C(C(C)C)C2(CCC1)CCCN(C(C)C)C2. The van der Waals surface area contributed by atoms with Gasteiger partial charge in [-0.15, -0.1) is 0 Å². The van der Waals surface area contributed by atoms with E-state index in [1.54, 1.807) is 5.57 Å². The molecule has 1 aliphatic heterocycles. The number of hydrogen-bond acceptors (Lipinski definition) is 1. The average molecular weight is 277 g/mol.